The molecule has 1 fully saturated rings. The Morgan fingerprint density at radius 3 is 2.89 bits per heavy atom. The number of para-hydroxylation sites is 1. The Balaban J connectivity index is 2.00. The van der Waals surface area contributed by atoms with E-state index < -0.39 is 0 Å². The van der Waals surface area contributed by atoms with Gasteiger partial charge in [0.2, 0.25) is 0 Å². The Morgan fingerprint density at radius 1 is 1.28 bits per heavy atom. The van der Waals surface area contributed by atoms with Crippen LogP contribution in [0.1, 0.15) is 0 Å². The van der Waals surface area contributed by atoms with Crippen LogP contribution in [0.4, 0.5) is 5.69 Å². The van der Waals surface area contributed by atoms with Crippen LogP contribution in [0.3, 0.4) is 0 Å². The number of hydrogen-bond acceptors (Lipinski definition) is 4. The Hall–Kier alpha value is -1.81. The van der Waals surface area contributed by atoms with E-state index in [1.165, 1.54) is 0 Å². The molecule has 18 heavy (non-hydrogen) atoms. The first-order chi connectivity index (χ1) is 8.88. The van der Waals surface area contributed by atoms with Gasteiger partial charge < -0.3 is 14.4 Å². The second-order valence-corrected chi connectivity index (χ2v) is 4.32. The Kier molecular flexibility index (Phi) is 3.02. The van der Waals surface area contributed by atoms with E-state index in [9.17, 15) is 0 Å². The summed E-state index contributed by atoms with van der Waals surface area (Å²) in [6.45, 7) is 3.43. The van der Waals surface area contributed by atoms with Crippen LogP contribution in [-0.4, -0.2) is 38.4 Å². The van der Waals surface area contributed by atoms with Gasteiger partial charge in [0, 0.05) is 18.5 Å². The number of aromatic nitrogens is 1. The first-order valence-corrected chi connectivity index (χ1v) is 6.14. The van der Waals surface area contributed by atoms with Gasteiger partial charge in [-0.25, -0.2) is 0 Å². The summed E-state index contributed by atoms with van der Waals surface area (Å²) in [6, 6.07) is 8.15. The molecule has 1 aliphatic rings. The highest BCUT2D eigenvalue weighted by Crippen LogP contribution is 2.26. The first kappa shape index (κ1) is 11.3. The van der Waals surface area contributed by atoms with Gasteiger partial charge in [0.25, 0.3) is 0 Å². The molecule has 0 spiro atoms. The van der Waals surface area contributed by atoms with Crippen molar-refractivity contribution < 1.29 is 9.47 Å². The lowest BCUT2D eigenvalue weighted by molar-refractivity contribution is 0.122. The summed E-state index contributed by atoms with van der Waals surface area (Å²) in [5.74, 6) is 0.820. The highest BCUT2D eigenvalue weighted by molar-refractivity contribution is 5.86. The average molecular weight is 244 g/mol. The van der Waals surface area contributed by atoms with Gasteiger partial charge in [0.05, 0.1) is 32.2 Å². The average Bonchev–Trinajstić information content (AvgIpc) is 2.47. The van der Waals surface area contributed by atoms with Gasteiger partial charge in [0.1, 0.15) is 11.3 Å². The van der Waals surface area contributed by atoms with Crippen LogP contribution in [0.25, 0.3) is 10.9 Å². The minimum absolute atomic E-state index is 0.788. The van der Waals surface area contributed by atoms with Gasteiger partial charge in [-0.3, -0.25) is 4.98 Å². The maximum atomic E-state index is 5.36. The van der Waals surface area contributed by atoms with Gasteiger partial charge in [-0.15, -0.1) is 0 Å². The summed E-state index contributed by atoms with van der Waals surface area (Å²) in [4.78, 5) is 6.82. The maximum Gasteiger partial charge on any atom is 0.145 e. The van der Waals surface area contributed by atoms with Gasteiger partial charge >= 0.3 is 0 Å². The molecule has 1 aliphatic heterocycles. The van der Waals surface area contributed by atoms with Crippen LogP contribution < -0.4 is 9.64 Å². The molecule has 2 heterocycles. The number of pyridine rings is 1. The minimum Gasteiger partial charge on any atom is -0.494 e. The predicted octanol–water partition coefficient (Wildman–Crippen LogP) is 2.08. The summed E-state index contributed by atoms with van der Waals surface area (Å²) in [5.41, 5.74) is 2.07. The van der Waals surface area contributed by atoms with Crippen molar-refractivity contribution in [2.24, 2.45) is 0 Å². The van der Waals surface area contributed by atoms with E-state index in [1.807, 2.05) is 18.3 Å². The van der Waals surface area contributed by atoms with Crippen molar-refractivity contribution in [1.29, 1.82) is 0 Å². The summed E-state index contributed by atoms with van der Waals surface area (Å²) < 4.78 is 10.7. The van der Waals surface area contributed by atoms with E-state index in [4.69, 9.17) is 9.47 Å². The van der Waals surface area contributed by atoms with E-state index in [0.29, 0.717) is 0 Å². The number of anilines is 1. The SMILES string of the molecule is COc1cccc2cc(N3CCOCC3)cnc12. The van der Waals surface area contributed by atoms with E-state index in [2.05, 4.69) is 22.0 Å². The molecular weight excluding hydrogens is 228 g/mol. The molecule has 0 bridgehead atoms. The molecule has 1 saturated heterocycles. The predicted molar refractivity (Wildman–Crippen MR) is 71.3 cm³/mol. The molecular formula is C14H16N2O2. The monoisotopic (exact) mass is 244 g/mol. The van der Waals surface area contributed by atoms with Gasteiger partial charge in [-0.1, -0.05) is 12.1 Å². The Morgan fingerprint density at radius 2 is 2.11 bits per heavy atom. The maximum absolute atomic E-state index is 5.36. The van der Waals surface area contributed by atoms with Crippen molar-refractivity contribution in [2.45, 2.75) is 0 Å². The van der Waals surface area contributed by atoms with Crippen molar-refractivity contribution in [1.82, 2.24) is 4.98 Å². The fraction of sp³-hybridized carbons (Fsp3) is 0.357. The summed E-state index contributed by atoms with van der Waals surface area (Å²) in [5, 5.41) is 1.11. The molecule has 1 aromatic carbocycles. The van der Waals surface area contributed by atoms with Crippen molar-refractivity contribution in [3.05, 3.63) is 30.5 Å². The molecule has 0 saturated carbocycles. The molecule has 0 radical (unpaired) electrons. The second-order valence-electron chi connectivity index (χ2n) is 4.32. The lowest BCUT2D eigenvalue weighted by Crippen LogP contribution is -2.36. The molecule has 94 valence electrons. The van der Waals surface area contributed by atoms with Crippen LogP contribution in [0, 0.1) is 0 Å². The highest BCUT2D eigenvalue weighted by Gasteiger charge is 2.12. The van der Waals surface area contributed by atoms with E-state index in [-0.39, 0.29) is 0 Å². The molecule has 0 atom stereocenters. The van der Waals surface area contributed by atoms with E-state index in [0.717, 1.165) is 48.6 Å². The molecule has 4 nitrogen and oxygen atoms in total. The molecule has 0 aliphatic carbocycles. The smallest absolute Gasteiger partial charge is 0.145 e. The quantitative estimate of drug-likeness (QED) is 0.810. The van der Waals surface area contributed by atoms with Crippen LogP contribution in [0.15, 0.2) is 30.5 Å². The molecule has 0 N–H and O–H groups in total. The van der Waals surface area contributed by atoms with Crippen molar-refractivity contribution in [3.8, 4) is 5.75 Å². The van der Waals surface area contributed by atoms with Gasteiger partial charge in [-0.05, 0) is 12.1 Å². The Labute approximate surface area is 106 Å². The first-order valence-electron chi connectivity index (χ1n) is 6.14. The highest BCUT2D eigenvalue weighted by atomic mass is 16.5. The summed E-state index contributed by atoms with van der Waals surface area (Å²) in [6.07, 6.45) is 1.91. The number of nitrogens with zero attached hydrogens (tertiary/aromatic N) is 2. The van der Waals surface area contributed by atoms with E-state index in [1.54, 1.807) is 7.11 Å². The van der Waals surface area contributed by atoms with Gasteiger partial charge in [-0.2, -0.15) is 0 Å². The number of fused-ring (bicyclic) bond motifs is 1. The number of morpholine rings is 1. The molecule has 4 heteroatoms. The van der Waals surface area contributed by atoms with Gasteiger partial charge in [0.15, 0.2) is 0 Å². The minimum atomic E-state index is 0.788. The van der Waals surface area contributed by atoms with Crippen LogP contribution >= 0.6 is 0 Å². The largest absolute Gasteiger partial charge is 0.494 e. The number of ether oxygens (including phenoxy) is 2. The van der Waals surface area contributed by atoms with Crippen LogP contribution in [0.5, 0.6) is 5.75 Å². The third-order valence-electron chi connectivity index (χ3n) is 3.26. The van der Waals surface area contributed by atoms with E-state index >= 15 is 0 Å². The number of rotatable bonds is 2. The zero-order valence-corrected chi connectivity index (χ0v) is 10.4. The normalized spacial score (nSPS) is 15.9. The van der Waals surface area contributed by atoms with Crippen molar-refractivity contribution >= 4 is 16.6 Å². The number of benzene rings is 1. The second kappa shape index (κ2) is 4.82. The molecule has 0 amide bonds. The van der Waals surface area contributed by atoms with Crippen molar-refractivity contribution in [2.75, 3.05) is 38.3 Å². The lowest BCUT2D eigenvalue weighted by atomic mass is 10.2. The lowest BCUT2D eigenvalue weighted by Gasteiger charge is -2.28. The molecule has 0 unspecified atom stereocenters. The number of hydrogen-bond donors (Lipinski definition) is 0. The van der Waals surface area contributed by atoms with Crippen LogP contribution in [-0.2, 0) is 4.74 Å². The topological polar surface area (TPSA) is 34.6 Å². The summed E-state index contributed by atoms with van der Waals surface area (Å²) >= 11 is 0. The molecule has 1 aromatic heterocycles. The fourth-order valence-electron chi connectivity index (χ4n) is 2.28. The van der Waals surface area contributed by atoms with Crippen molar-refractivity contribution in [3.63, 3.8) is 0 Å². The zero-order chi connectivity index (χ0) is 12.4. The van der Waals surface area contributed by atoms with Crippen LogP contribution in [0.2, 0.25) is 0 Å². The molecule has 2 aromatic rings. The number of methoxy groups -OCH3 is 1. The third kappa shape index (κ3) is 1.99. The summed E-state index contributed by atoms with van der Waals surface area (Å²) in [7, 11) is 1.67. The third-order valence-corrected chi connectivity index (χ3v) is 3.26. The zero-order valence-electron chi connectivity index (χ0n) is 10.4. The fourth-order valence-corrected chi connectivity index (χ4v) is 2.28. The molecule has 3 rings (SSSR count). The Bertz CT molecular complexity index is 550. The standard InChI is InChI=1S/C14H16N2O2/c1-17-13-4-2-3-11-9-12(10-15-14(11)13)16-5-7-18-8-6-16/h2-4,9-10H,5-8H2,1H3.